The predicted molar refractivity (Wildman–Crippen MR) is 89.3 cm³/mol. The Kier molecular flexibility index (Phi) is 4.94. The Morgan fingerprint density at radius 3 is 2.88 bits per heavy atom. The number of benzene rings is 1. The molecule has 1 saturated heterocycles. The van der Waals surface area contributed by atoms with Gasteiger partial charge in [-0.15, -0.1) is 0 Å². The van der Waals surface area contributed by atoms with Crippen molar-refractivity contribution in [3.8, 4) is 11.8 Å². The molecule has 1 aromatic carbocycles. The minimum Gasteiger partial charge on any atom is -0.322 e. The molecule has 1 N–H and O–H groups in total. The molecule has 2 aliphatic rings. The third-order valence-electron chi connectivity index (χ3n) is 4.43. The predicted octanol–water partition coefficient (Wildman–Crippen LogP) is 1.17. The lowest BCUT2D eigenvalue weighted by molar-refractivity contribution is -0.136. The van der Waals surface area contributed by atoms with Gasteiger partial charge in [-0.25, -0.2) is 0 Å². The minimum atomic E-state index is -0.619. The van der Waals surface area contributed by atoms with E-state index in [9.17, 15) is 19.2 Å². The van der Waals surface area contributed by atoms with Crippen molar-refractivity contribution in [2.45, 2.75) is 44.7 Å². The van der Waals surface area contributed by atoms with E-state index in [4.69, 9.17) is 0 Å². The van der Waals surface area contributed by atoms with Crippen molar-refractivity contribution in [1.82, 2.24) is 10.2 Å². The number of hydrogen-bond donors (Lipinski definition) is 1. The van der Waals surface area contributed by atoms with Crippen LogP contribution in [0.3, 0.4) is 0 Å². The molecule has 0 bridgehead atoms. The first kappa shape index (κ1) is 16.9. The zero-order chi connectivity index (χ0) is 17.8. The van der Waals surface area contributed by atoms with Gasteiger partial charge in [0.15, 0.2) is 0 Å². The number of unbranched alkanes of at least 4 members (excludes halogenated alkanes) is 2. The molecular formula is C19H18N2O4. The summed E-state index contributed by atoms with van der Waals surface area (Å²) < 4.78 is 0. The number of piperidine rings is 1. The molecule has 0 aromatic heterocycles. The molecule has 1 aromatic rings. The second-order valence-electron chi connectivity index (χ2n) is 6.09. The molecule has 1 fully saturated rings. The fraction of sp³-hybridized carbons (Fsp3) is 0.368. The van der Waals surface area contributed by atoms with Gasteiger partial charge >= 0.3 is 0 Å². The quantitative estimate of drug-likeness (QED) is 0.387. The number of nitrogens with one attached hydrogen (secondary N) is 1. The van der Waals surface area contributed by atoms with Gasteiger partial charge in [-0.05, 0) is 30.5 Å². The SMILES string of the molecule is O=CCCCC#Cc1cccc2c1CN(C1CCC(=O)NC1=O)C2=O. The number of rotatable bonds is 4. The van der Waals surface area contributed by atoms with Crippen molar-refractivity contribution < 1.29 is 19.2 Å². The van der Waals surface area contributed by atoms with Crippen LogP contribution in [-0.4, -0.2) is 34.9 Å². The van der Waals surface area contributed by atoms with Gasteiger partial charge in [0.25, 0.3) is 5.91 Å². The summed E-state index contributed by atoms with van der Waals surface area (Å²) in [7, 11) is 0. The molecule has 0 radical (unpaired) electrons. The van der Waals surface area contributed by atoms with Gasteiger partial charge in [0.1, 0.15) is 12.3 Å². The Balaban J connectivity index is 1.79. The zero-order valence-electron chi connectivity index (χ0n) is 13.7. The largest absolute Gasteiger partial charge is 0.322 e. The van der Waals surface area contributed by atoms with Crippen LogP contribution in [0.15, 0.2) is 18.2 Å². The third-order valence-corrected chi connectivity index (χ3v) is 4.43. The van der Waals surface area contributed by atoms with E-state index in [0.717, 1.165) is 17.4 Å². The van der Waals surface area contributed by atoms with Crippen LogP contribution < -0.4 is 5.32 Å². The van der Waals surface area contributed by atoms with Gasteiger partial charge in [-0.3, -0.25) is 19.7 Å². The molecule has 3 amide bonds. The van der Waals surface area contributed by atoms with E-state index in [1.54, 1.807) is 12.1 Å². The van der Waals surface area contributed by atoms with Crippen molar-refractivity contribution in [2.24, 2.45) is 0 Å². The first-order valence-electron chi connectivity index (χ1n) is 8.31. The lowest BCUT2D eigenvalue weighted by atomic mass is 10.0. The van der Waals surface area contributed by atoms with E-state index < -0.39 is 11.9 Å². The minimum absolute atomic E-state index is 0.200. The van der Waals surface area contributed by atoms with Crippen molar-refractivity contribution in [3.63, 3.8) is 0 Å². The van der Waals surface area contributed by atoms with E-state index in [0.29, 0.717) is 37.8 Å². The average molecular weight is 338 g/mol. The lowest BCUT2D eigenvalue weighted by Gasteiger charge is -2.29. The summed E-state index contributed by atoms with van der Waals surface area (Å²) in [6, 6.07) is 4.75. The molecule has 3 rings (SSSR count). The molecule has 0 aliphatic carbocycles. The number of aldehydes is 1. The van der Waals surface area contributed by atoms with Crippen molar-refractivity contribution in [2.75, 3.05) is 0 Å². The van der Waals surface area contributed by atoms with Crippen molar-refractivity contribution in [3.05, 3.63) is 34.9 Å². The second-order valence-corrected chi connectivity index (χ2v) is 6.09. The number of fused-ring (bicyclic) bond motifs is 1. The number of carbonyl (C=O) groups is 4. The van der Waals surface area contributed by atoms with Crippen LogP contribution in [0.25, 0.3) is 0 Å². The average Bonchev–Trinajstić information content (AvgIpc) is 2.92. The van der Waals surface area contributed by atoms with E-state index in [-0.39, 0.29) is 18.2 Å². The summed E-state index contributed by atoms with van der Waals surface area (Å²) in [5, 5.41) is 2.29. The monoisotopic (exact) mass is 338 g/mol. The van der Waals surface area contributed by atoms with Gasteiger partial charge in [0.2, 0.25) is 11.8 Å². The van der Waals surface area contributed by atoms with E-state index in [2.05, 4.69) is 17.2 Å². The van der Waals surface area contributed by atoms with E-state index in [1.807, 2.05) is 6.07 Å². The molecule has 1 atom stereocenters. The Morgan fingerprint density at radius 2 is 2.12 bits per heavy atom. The number of nitrogens with zero attached hydrogens (tertiary/aromatic N) is 1. The maximum Gasteiger partial charge on any atom is 0.255 e. The fourth-order valence-electron chi connectivity index (χ4n) is 3.13. The zero-order valence-corrected chi connectivity index (χ0v) is 13.7. The summed E-state index contributed by atoms with van der Waals surface area (Å²) in [5.74, 6) is 5.18. The van der Waals surface area contributed by atoms with Crippen LogP contribution in [0.1, 0.15) is 53.6 Å². The summed E-state index contributed by atoms with van der Waals surface area (Å²) in [5.41, 5.74) is 2.15. The summed E-state index contributed by atoms with van der Waals surface area (Å²) in [4.78, 5) is 47.9. The normalized spacial score (nSPS) is 19.1. The van der Waals surface area contributed by atoms with Gasteiger partial charge in [0, 0.05) is 36.9 Å². The lowest BCUT2D eigenvalue weighted by Crippen LogP contribution is -2.52. The topological polar surface area (TPSA) is 83.6 Å². The molecule has 0 saturated carbocycles. The maximum atomic E-state index is 12.7. The molecule has 128 valence electrons. The van der Waals surface area contributed by atoms with E-state index in [1.165, 1.54) is 4.90 Å². The fourth-order valence-corrected chi connectivity index (χ4v) is 3.13. The highest BCUT2D eigenvalue weighted by molar-refractivity contribution is 6.05. The Labute approximate surface area is 145 Å². The van der Waals surface area contributed by atoms with Gasteiger partial charge in [-0.2, -0.15) is 0 Å². The molecule has 25 heavy (non-hydrogen) atoms. The molecule has 2 aliphatic heterocycles. The molecule has 6 nitrogen and oxygen atoms in total. The molecule has 1 unspecified atom stereocenters. The van der Waals surface area contributed by atoms with Crippen molar-refractivity contribution >= 4 is 24.0 Å². The first-order valence-corrected chi connectivity index (χ1v) is 8.31. The van der Waals surface area contributed by atoms with Gasteiger partial charge in [-0.1, -0.05) is 17.9 Å². The second kappa shape index (κ2) is 7.31. The van der Waals surface area contributed by atoms with Crippen molar-refractivity contribution in [1.29, 1.82) is 0 Å². The highest BCUT2D eigenvalue weighted by atomic mass is 16.2. The molecule has 2 heterocycles. The van der Waals surface area contributed by atoms with Gasteiger partial charge < -0.3 is 9.69 Å². The Bertz CT molecular complexity index is 803. The first-order chi connectivity index (χ1) is 12.1. The summed E-state index contributed by atoms with van der Waals surface area (Å²) >= 11 is 0. The molecule has 0 spiro atoms. The number of imide groups is 1. The van der Waals surface area contributed by atoms with E-state index >= 15 is 0 Å². The summed E-state index contributed by atoms with van der Waals surface area (Å²) in [6.45, 7) is 0.319. The molecule has 6 heteroatoms. The molecular weight excluding hydrogens is 320 g/mol. The van der Waals surface area contributed by atoms with Crippen LogP contribution in [0, 0.1) is 11.8 Å². The highest BCUT2D eigenvalue weighted by Crippen LogP contribution is 2.29. The Morgan fingerprint density at radius 1 is 1.28 bits per heavy atom. The van der Waals surface area contributed by atoms with Crippen LogP contribution in [-0.2, 0) is 20.9 Å². The van der Waals surface area contributed by atoms with Gasteiger partial charge in [0.05, 0.1) is 0 Å². The Hall–Kier alpha value is -2.94. The van der Waals surface area contributed by atoms with Crippen LogP contribution in [0.5, 0.6) is 0 Å². The summed E-state index contributed by atoms with van der Waals surface area (Å²) in [6.07, 6.45) is 3.28. The van der Waals surface area contributed by atoms with Crippen LogP contribution in [0.2, 0.25) is 0 Å². The number of hydrogen-bond acceptors (Lipinski definition) is 4. The highest BCUT2D eigenvalue weighted by Gasteiger charge is 2.39. The van der Waals surface area contributed by atoms with Crippen LogP contribution in [0.4, 0.5) is 0 Å². The number of carbonyl (C=O) groups excluding carboxylic acids is 4. The third kappa shape index (κ3) is 3.45. The standard InChI is InChI=1S/C19H18N2O4/c22-11-4-2-1-3-6-13-7-5-8-14-15(13)12-21(19(14)25)16-9-10-17(23)20-18(16)24/h5,7-8,11,16H,1-2,4,9-10,12H2,(H,20,23,24). The maximum absolute atomic E-state index is 12.7. The smallest absolute Gasteiger partial charge is 0.255 e. The number of amides is 3. The van der Waals surface area contributed by atoms with Crippen LogP contribution >= 0.6 is 0 Å².